The van der Waals surface area contributed by atoms with Gasteiger partial charge in [-0.1, -0.05) is 23.7 Å². The molecule has 1 aromatic carbocycles. The molecule has 1 N–H and O–H groups in total. The van der Waals surface area contributed by atoms with Gasteiger partial charge in [0.25, 0.3) is 0 Å². The molecule has 0 saturated carbocycles. The molecule has 2 nitrogen and oxygen atoms in total. The molecule has 0 heterocycles. The molecular formula is C10H11ClF3NO. The number of hydrogen-bond donors (Lipinski definition) is 1. The molecule has 0 radical (unpaired) electrons. The van der Waals surface area contributed by atoms with E-state index in [2.05, 4.69) is 10.1 Å². The molecule has 0 aromatic heterocycles. The summed E-state index contributed by atoms with van der Waals surface area (Å²) in [5, 5.41) is 3.28. The standard InChI is InChI=1S/C10H11ClF3NO/c1-7-3-2-4-8(11)9(7)15-5-6-16-10(12,13)14/h2-4,15H,5-6H2,1H3. The Morgan fingerprint density at radius 1 is 1.38 bits per heavy atom. The van der Waals surface area contributed by atoms with E-state index in [4.69, 9.17) is 11.6 Å². The summed E-state index contributed by atoms with van der Waals surface area (Å²) in [4.78, 5) is 0. The molecule has 0 bridgehead atoms. The van der Waals surface area contributed by atoms with Gasteiger partial charge in [0.15, 0.2) is 0 Å². The van der Waals surface area contributed by atoms with Gasteiger partial charge in [0, 0.05) is 6.54 Å². The van der Waals surface area contributed by atoms with Crippen LogP contribution in [0.1, 0.15) is 5.56 Å². The fourth-order valence-electron chi connectivity index (χ4n) is 1.20. The molecule has 0 fully saturated rings. The van der Waals surface area contributed by atoms with Crippen LogP contribution in [0.5, 0.6) is 0 Å². The lowest BCUT2D eigenvalue weighted by atomic mass is 10.2. The monoisotopic (exact) mass is 253 g/mol. The third-order valence-electron chi connectivity index (χ3n) is 1.89. The highest BCUT2D eigenvalue weighted by molar-refractivity contribution is 6.33. The van der Waals surface area contributed by atoms with Crippen LogP contribution in [-0.2, 0) is 4.74 Å². The molecule has 0 amide bonds. The molecule has 1 rings (SSSR count). The molecule has 90 valence electrons. The number of ether oxygens (including phenoxy) is 1. The van der Waals surface area contributed by atoms with Crippen LogP contribution in [0.25, 0.3) is 0 Å². The fraction of sp³-hybridized carbons (Fsp3) is 0.400. The van der Waals surface area contributed by atoms with Gasteiger partial charge < -0.3 is 5.32 Å². The van der Waals surface area contributed by atoms with E-state index >= 15 is 0 Å². The maximum atomic E-state index is 11.7. The second kappa shape index (κ2) is 5.41. The zero-order chi connectivity index (χ0) is 12.2. The summed E-state index contributed by atoms with van der Waals surface area (Å²) >= 11 is 5.87. The lowest BCUT2D eigenvalue weighted by Gasteiger charge is -2.12. The molecule has 0 saturated heterocycles. The maximum absolute atomic E-state index is 11.7. The van der Waals surface area contributed by atoms with Gasteiger partial charge in [-0.3, -0.25) is 4.74 Å². The fourth-order valence-corrected chi connectivity index (χ4v) is 1.49. The highest BCUT2D eigenvalue weighted by Gasteiger charge is 2.28. The molecule has 0 aliphatic carbocycles. The highest BCUT2D eigenvalue weighted by atomic mass is 35.5. The minimum Gasteiger partial charge on any atom is -0.381 e. The maximum Gasteiger partial charge on any atom is 0.522 e. The van der Waals surface area contributed by atoms with Crippen molar-refractivity contribution in [2.45, 2.75) is 13.3 Å². The SMILES string of the molecule is Cc1cccc(Cl)c1NCCOC(F)(F)F. The van der Waals surface area contributed by atoms with Crippen LogP contribution in [0.3, 0.4) is 0 Å². The third kappa shape index (κ3) is 4.28. The van der Waals surface area contributed by atoms with Crippen LogP contribution in [0.15, 0.2) is 18.2 Å². The van der Waals surface area contributed by atoms with Gasteiger partial charge in [0.1, 0.15) is 0 Å². The Hall–Kier alpha value is -0.940. The summed E-state index contributed by atoms with van der Waals surface area (Å²) in [5.74, 6) is 0. The second-order valence-corrected chi connectivity index (χ2v) is 3.56. The van der Waals surface area contributed by atoms with Crippen molar-refractivity contribution in [2.24, 2.45) is 0 Å². The van der Waals surface area contributed by atoms with Crippen LogP contribution >= 0.6 is 11.6 Å². The third-order valence-corrected chi connectivity index (χ3v) is 2.21. The Morgan fingerprint density at radius 3 is 2.62 bits per heavy atom. The number of halogens is 4. The number of para-hydroxylation sites is 1. The van der Waals surface area contributed by atoms with E-state index in [0.717, 1.165) is 5.56 Å². The van der Waals surface area contributed by atoms with Gasteiger partial charge in [-0.05, 0) is 18.6 Å². The normalized spacial score (nSPS) is 11.6. The number of hydrogen-bond acceptors (Lipinski definition) is 2. The van der Waals surface area contributed by atoms with Gasteiger partial charge >= 0.3 is 6.36 Å². The molecule has 16 heavy (non-hydrogen) atoms. The Bertz CT molecular complexity index is 334. The summed E-state index contributed by atoms with van der Waals surface area (Å²) < 4.78 is 38.6. The number of rotatable bonds is 4. The second-order valence-electron chi connectivity index (χ2n) is 3.15. The van der Waals surface area contributed by atoms with Crippen LogP contribution in [0.4, 0.5) is 18.9 Å². The van der Waals surface area contributed by atoms with E-state index in [9.17, 15) is 13.2 Å². The first-order valence-electron chi connectivity index (χ1n) is 4.60. The topological polar surface area (TPSA) is 21.3 Å². The first-order valence-corrected chi connectivity index (χ1v) is 4.97. The first kappa shape index (κ1) is 13.1. The van der Waals surface area contributed by atoms with E-state index in [1.54, 1.807) is 12.1 Å². The van der Waals surface area contributed by atoms with E-state index < -0.39 is 13.0 Å². The van der Waals surface area contributed by atoms with Crippen molar-refractivity contribution in [2.75, 3.05) is 18.5 Å². The summed E-state index contributed by atoms with van der Waals surface area (Å²) in [6.07, 6.45) is -4.59. The first-order chi connectivity index (χ1) is 7.40. The average Bonchev–Trinajstić information content (AvgIpc) is 2.14. The van der Waals surface area contributed by atoms with Crippen molar-refractivity contribution < 1.29 is 17.9 Å². The predicted molar refractivity (Wildman–Crippen MR) is 56.7 cm³/mol. The van der Waals surface area contributed by atoms with Crippen LogP contribution in [0, 0.1) is 6.92 Å². The summed E-state index contributed by atoms with van der Waals surface area (Å²) in [7, 11) is 0. The molecule has 0 spiro atoms. The molecule has 1 aromatic rings. The molecule has 0 atom stereocenters. The average molecular weight is 254 g/mol. The van der Waals surface area contributed by atoms with Crippen LogP contribution in [0.2, 0.25) is 5.02 Å². The summed E-state index contributed by atoms with van der Waals surface area (Å²) in [5.41, 5.74) is 1.51. The molecule has 6 heteroatoms. The van der Waals surface area contributed by atoms with Crippen molar-refractivity contribution >= 4 is 17.3 Å². The van der Waals surface area contributed by atoms with Crippen molar-refractivity contribution in [3.8, 4) is 0 Å². The Morgan fingerprint density at radius 2 is 2.06 bits per heavy atom. The summed E-state index contributed by atoms with van der Waals surface area (Å²) in [6.45, 7) is 1.41. The number of aryl methyl sites for hydroxylation is 1. The number of alkyl halides is 3. The zero-order valence-corrected chi connectivity index (χ0v) is 9.32. The van der Waals surface area contributed by atoms with Gasteiger partial charge in [-0.2, -0.15) is 0 Å². The number of anilines is 1. The number of nitrogens with one attached hydrogen (secondary N) is 1. The van der Waals surface area contributed by atoms with E-state index in [1.807, 2.05) is 13.0 Å². The van der Waals surface area contributed by atoms with Gasteiger partial charge in [0.2, 0.25) is 0 Å². The van der Waals surface area contributed by atoms with E-state index in [0.29, 0.717) is 10.7 Å². The molecule has 0 aliphatic heterocycles. The van der Waals surface area contributed by atoms with Crippen molar-refractivity contribution in [1.29, 1.82) is 0 Å². The predicted octanol–water partition coefficient (Wildman–Crippen LogP) is 3.60. The quantitative estimate of drug-likeness (QED) is 0.828. The minimum atomic E-state index is -4.59. The largest absolute Gasteiger partial charge is 0.522 e. The van der Waals surface area contributed by atoms with Crippen molar-refractivity contribution in [3.05, 3.63) is 28.8 Å². The smallest absolute Gasteiger partial charge is 0.381 e. The van der Waals surface area contributed by atoms with Gasteiger partial charge in [0.05, 0.1) is 17.3 Å². The highest BCUT2D eigenvalue weighted by Crippen LogP contribution is 2.25. The Labute approximate surface area is 96.4 Å². The van der Waals surface area contributed by atoms with Gasteiger partial charge in [-0.25, -0.2) is 0 Å². The molecule has 0 aliphatic rings. The van der Waals surface area contributed by atoms with Crippen molar-refractivity contribution in [3.63, 3.8) is 0 Å². The van der Waals surface area contributed by atoms with E-state index in [1.165, 1.54) is 0 Å². The Balaban J connectivity index is 2.43. The van der Waals surface area contributed by atoms with Crippen LogP contribution < -0.4 is 5.32 Å². The lowest BCUT2D eigenvalue weighted by Crippen LogP contribution is -2.19. The zero-order valence-electron chi connectivity index (χ0n) is 8.57. The molecule has 0 unspecified atom stereocenters. The van der Waals surface area contributed by atoms with Gasteiger partial charge in [-0.15, -0.1) is 13.2 Å². The summed E-state index contributed by atoms with van der Waals surface area (Å²) in [6, 6.07) is 5.26. The van der Waals surface area contributed by atoms with E-state index in [-0.39, 0.29) is 6.54 Å². The number of benzene rings is 1. The lowest BCUT2D eigenvalue weighted by molar-refractivity contribution is -0.322. The van der Waals surface area contributed by atoms with Crippen molar-refractivity contribution in [1.82, 2.24) is 0 Å². The minimum absolute atomic E-state index is 0.0457. The molecular weight excluding hydrogens is 243 g/mol. The Kier molecular flexibility index (Phi) is 4.44. The van der Waals surface area contributed by atoms with Crippen LogP contribution in [-0.4, -0.2) is 19.5 Å².